The number of hydrogen-bond acceptors (Lipinski definition) is 3. The summed E-state index contributed by atoms with van der Waals surface area (Å²) in [7, 11) is 0. The molecule has 1 amide bonds. The van der Waals surface area contributed by atoms with Gasteiger partial charge in [0.25, 0.3) is 0 Å². The topological polar surface area (TPSA) is 47.6 Å². The van der Waals surface area contributed by atoms with Crippen LogP contribution in [-0.2, 0) is 9.47 Å². The maximum absolute atomic E-state index is 10.7. The Kier molecular flexibility index (Phi) is 6.97. The monoisotopic (exact) mass is 229 g/mol. The van der Waals surface area contributed by atoms with E-state index >= 15 is 0 Å². The zero-order chi connectivity index (χ0) is 11.6. The summed E-state index contributed by atoms with van der Waals surface area (Å²) in [6.45, 7) is 4.10. The van der Waals surface area contributed by atoms with Crippen molar-refractivity contribution in [2.75, 3.05) is 19.8 Å². The van der Waals surface area contributed by atoms with Crippen LogP contribution in [0.2, 0.25) is 0 Å². The van der Waals surface area contributed by atoms with Crippen molar-refractivity contribution in [2.24, 2.45) is 0 Å². The molecule has 1 saturated heterocycles. The summed E-state index contributed by atoms with van der Waals surface area (Å²) in [5.74, 6) is 0. The number of amides is 1. The zero-order valence-electron chi connectivity index (χ0n) is 10.2. The van der Waals surface area contributed by atoms with Gasteiger partial charge in [-0.25, -0.2) is 4.79 Å². The molecule has 1 heterocycles. The molecule has 4 heteroatoms. The van der Waals surface area contributed by atoms with Crippen LogP contribution < -0.4 is 5.32 Å². The molecule has 1 N–H and O–H groups in total. The van der Waals surface area contributed by atoms with Crippen LogP contribution in [-0.4, -0.2) is 32.0 Å². The number of cyclic esters (lactones) is 1. The number of alkyl carbamates (subject to hydrolysis) is 1. The van der Waals surface area contributed by atoms with Gasteiger partial charge in [0.05, 0.1) is 13.2 Å². The fourth-order valence-electron chi connectivity index (χ4n) is 1.72. The predicted octanol–water partition coefficient (Wildman–Crippen LogP) is 2.47. The molecular weight excluding hydrogens is 206 g/mol. The molecule has 0 spiro atoms. The number of hydrogen-bond donors (Lipinski definition) is 1. The Bertz CT molecular complexity index is 197. The molecule has 94 valence electrons. The van der Waals surface area contributed by atoms with Crippen molar-refractivity contribution in [3.8, 4) is 0 Å². The van der Waals surface area contributed by atoms with Crippen LogP contribution in [0.4, 0.5) is 4.79 Å². The number of carbonyl (C=O) groups is 1. The van der Waals surface area contributed by atoms with Crippen molar-refractivity contribution in [1.82, 2.24) is 5.32 Å². The summed E-state index contributed by atoms with van der Waals surface area (Å²) < 4.78 is 10.4. The molecular formula is C12H23NO3. The van der Waals surface area contributed by atoms with Crippen molar-refractivity contribution in [3.63, 3.8) is 0 Å². The van der Waals surface area contributed by atoms with E-state index in [4.69, 9.17) is 9.47 Å². The Labute approximate surface area is 97.7 Å². The molecule has 0 radical (unpaired) electrons. The van der Waals surface area contributed by atoms with E-state index in [0.717, 1.165) is 13.0 Å². The minimum absolute atomic E-state index is 0.0902. The van der Waals surface area contributed by atoms with Crippen LogP contribution in [0, 0.1) is 0 Å². The summed E-state index contributed by atoms with van der Waals surface area (Å²) in [4.78, 5) is 10.7. The van der Waals surface area contributed by atoms with Gasteiger partial charge in [0.2, 0.25) is 0 Å². The van der Waals surface area contributed by atoms with E-state index in [-0.39, 0.29) is 12.2 Å². The Morgan fingerprint density at radius 2 is 2.06 bits per heavy atom. The van der Waals surface area contributed by atoms with Crippen LogP contribution in [0.25, 0.3) is 0 Å². The number of ether oxygens (including phenoxy) is 2. The standard InChI is InChI=1S/C12H23NO3/c1-2-3-4-5-6-7-8-15-10-11-9-13-12(14)16-11/h11H,2-10H2,1H3,(H,13,14). The number of nitrogens with one attached hydrogen (secondary N) is 1. The van der Waals surface area contributed by atoms with E-state index < -0.39 is 0 Å². The lowest BCUT2D eigenvalue weighted by molar-refractivity contribution is 0.0443. The molecule has 0 saturated carbocycles. The highest BCUT2D eigenvalue weighted by molar-refractivity contribution is 5.69. The SMILES string of the molecule is CCCCCCCCOCC1CNC(=O)O1. The van der Waals surface area contributed by atoms with Gasteiger partial charge >= 0.3 is 6.09 Å². The molecule has 4 nitrogen and oxygen atoms in total. The molecule has 1 rings (SSSR count). The Hall–Kier alpha value is -0.770. The lowest BCUT2D eigenvalue weighted by Crippen LogP contribution is -2.20. The molecule has 0 aromatic carbocycles. The van der Waals surface area contributed by atoms with E-state index in [0.29, 0.717) is 13.2 Å². The molecule has 0 aromatic heterocycles. The third-order valence-electron chi connectivity index (χ3n) is 2.69. The van der Waals surface area contributed by atoms with Crippen molar-refractivity contribution >= 4 is 6.09 Å². The maximum Gasteiger partial charge on any atom is 0.407 e. The fourth-order valence-corrected chi connectivity index (χ4v) is 1.72. The molecule has 1 aliphatic rings. The Morgan fingerprint density at radius 1 is 1.31 bits per heavy atom. The van der Waals surface area contributed by atoms with Crippen LogP contribution in [0.3, 0.4) is 0 Å². The van der Waals surface area contributed by atoms with Gasteiger partial charge in [-0.2, -0.15) is 0 Å². The second kappa shape index (κ2) is 8.39. The van der Waals surface area contributed by atoms with E-state index in [1.165, 1.54) is 32.1 Å². The van der Waals surface area contributed by atoms with E-state index in [1.54, 1.807) is 0 Å². The molecule has 16 heavy (non-hydrogen) atoms. The van der Waals surface area contributed by atoms with Gasteiger partial charge in [0.15, 0.2) is 0 Å². The highest BCUT2D eigenvalue weighted by Crippen LogP contribution is 2.06. The van der Waals surface area contributed by atoms with Crippen LogP contribution in [0.5, 0.6) is 0 Å². The van der Waals surface area contributed by atoms with Gasteiger partial charge in [0.1, 0.15) is 6.10 Å². The minimum Gasteiger partial charge on any atom is -0.442 e. The van der Waals surface area contributed by atoms with Crippen molar-refractivity contribution in [2.45, 2.75) is 51.6 Å². The smallest absolute Gasteiger partial charge is 0.407 e. The van der Waals surface area contributed by atoms with Gasteiger partial charge in [-0.15, -0.1) is 0 Å². The lowest BCUT2D eigenvalue weighted by atomic mass is 10.1. The first kappa shape index (κ1) is 13.3. The summed E-state index contributed by atoms with van der Waals surface area (Å²) in [6.07, 6.45) is 7.19. The molecule has 1 aliphatic heterocycles. The quantitative estimate of drug-likeness (QED) is 0.618. The Balaban J connectivity index is 1.79. The minimum atomic E-state index is -0.326. The van der Waals surface area contributed by atoms with Crippen LogP contribution >= 0.6 is 0 Å². The molecule has 1 atom stereocenters. The molecule has 1 unspecified atom stereocenters. The van der Waals surface area contributed by atoms with Gasteiger partial charge in [-0.1, -0.05) is 39.0 Å². The van der Waals surface area contributed by atoms with Crippen molar-refractivity contribution in [3.05, 3.63) is 0 Å². The average Bonchev–Trinajstić information content (AvgIpc) is 2.68. The second-order valence-electron chi connectivity index (χ2n) is 4.25. The van der Waals surface area contributed by atoms with Gasteiger partial charge in [0, 0.05) is 6.61 Å². The maximum atomic E-state index is 10.7. The van der Waals surface area contributed by atoms with E-state index in [9.17, 15) is 4.79 Å². The first-order chi connectivity index (χ1) is 7.83. The Morgan fingerprint density at radius 3 is 2.75 bits per heavy atom. The normalized spacial score (nSPS) is 19.6. The average molecular weight is 229 g/mol. The van der Waals surface area contributed by atoms with Gasteiger partial charge in [-0.3, -0.25) is 0 Å². The predicted molar refractivity (Wildman–Crippen MR) is 62.5 cm³/mol. The summed E-state index contributed by atoms with van der Waals surface area (Å²) in [5, 5.41) is 2.60. The van der Waals surface area contributed by atoms with Gasteiger partial charge < -0.3 is 14.8 Å². The largest absolute Gasteiger partial charge is 0.442 e. The van der Waals surface area contributed by atoms with Gasteiger partial charge in [-0.05, 0) is 6.42 Å². The van der Waals surface area contributed by atoms with E-state index in [2.05, 4.69) is 12.2 Å². The number of carbonyl (C=O) groups excluding carboxylic acids is 1. The third-order valence-corrected chi connectivity index (χ3v) is 2.69. The highest BCUT2D eigenvalue weighted by atomic mass is 16.6. The van der Waals surface area contributed by atoms with E-state index in [1.807, 2.05) is 0 Å². The molecule has 1 fully saturated rings. The lowest BCUT2D eigenvalue weighted by Gasteiger charge is -2.08. The fraction of sp³-hybridized carbons (Fsp3) is 0.917. The number of rotatable bonds is 9. The first-order valence-corrected chi connectivity index (χ1v) is 6.35. The third kappa shape index (κ3) is 5.95. The number of unbranched alkanes of at least 4 members (excludes halogenated alkanes) is 5. The first-order valence-electron chi connectivity index (χ1n) is 6.35. The highest BCUT2D eigenvalue weighted by Gasteiger charge is 2.21. The molecule has 0 bridgehead atoms. The molecule has 0 aliphatic carbocycles. The van der Waals surface area contributed by atoms with Crippen molar-refractivity contribution in [1.29, 1.82) is 0 Å². The summed E-state index contributed by atoms with van der Waals surface area (Å²) >= 11 is 0. The summed E-state index contributed by atoms with van der Waals surface area (Å²) in [6, 6.07) is 0. The second-order valence-corrected chi connectivity index (χ2v) is 4.25. The van der Waals surface area contributed by atoms with Crippen LogP contribution in [0.1, 0.15) is 45.4 Å². The zero-order valence-corrected chi connectivity index (χ0v) is 10.2. The summed E-state index contributed by atoms with van der Waals surface area (Å²) in [5.41, 5.74) is 0. The van der Waals surface area contributed by atoms with Crippen molar-refractivity contribution < 1.29 is 14.3 Å². The molecule has 0 aromatic rings. The van der Waals surface area contributed by atoms with Crippen LogP contribution in [0.15, 0.2) is 0 Å².